The predicted molar refractivity (Wildman–Crippen MR) is 99.4 cm³/mol. The van der Waals surface area contributed by atoms with Crippen molar-refractivity contribution in [1.29, 1.82) is 0 Å². The number of aromatic nitrogens is 2. The Kier molecular flexibility index (Phi) is 5.82. The van der Waals surface area contributed by atoms with Gasteiger partial charge in [-0.05, 0) is 18.2 Å². The number of halogens is 7. The second-order valence-corrected chi connectivity index (χ2v) is 7.03. The summed E-state index contributed by atoms with van der Waals surface area (Å²) in [4.78, 5) is 0. The van der Waals surface area contributed by atoms with Crippen molar-refractivity contribution in [3.63, 3.8) is 0 Å². The van der Waals surface area contributed by atoms with Gasteiger partial charge in [-0.3, -0.25) is 0 Å². The first-order valence-electron chi connectivity index (χ1n) is 7.35. The van der Waals surface area contributed by atoms with Gasteiger partial charge in [-0.2, -0.15) is 23.0 Å². The van der Waals surface area contributed by atoms with E-state index in [0.717, 1.165) is 4.68 Å². The monoisotopic (exact) mass is 454 g/mol. The van der Waals surface area contributed by atoms with E-state index in [-0.39, 0.29) is 27.4 Å². The molecule has 0 unspecified atom stereocenters. The zero-order chi connectivity index (χ0) is 19.8. The fourth-order valence-corrected chi connectivity index (χ4v) is 3.50. The number of benzene rings is 2. The van der Waals surface area contributed by atoms with Gasteiger partial charge in [0, 0.05) is 15.6 Å². The van der Waals surface area contributed by atoms with E-state index in [4.69, 9.17) is 51.1 Å². The largest absolute Gasteiger partial charge is 0.472 e. The van der Waals surface area contributed by atoms with Gasteiger partial charge in [0.25, 0.3) is 0 Å². The highest BCUT2D eigenvalue weighted by Gasteiger charge is 2.38. The van der Waals surface area contributed by atoms with Crippen LogP contribution < -0.4 is 4.74 Å². The number of hydrogen-bond acceptors (Lipinski definition) is 2. The summed E-state index contributed by atoms with van der Waals surface area (Å²) in [5.74, 6) is -0.562. The maximum atomic E-state index is 13.4. The molecule has 3 aromatic rings. The quantitative estimate of drug-likeness (QED) is 0.420. The highest BCUT2D eigenvalue weighted by atomic mass is 35.5. The van der Waals surface area contributed by atoms with Crippen LogP contribution in [0, 0.1) is 0 Å². The summed E-state index contributed by atoms with van der Waals surface area (Å²) in [6, 6.07) is 9.33. The maximum absolute atomic E-state index is 13.4. The summed E-state index contributed by atoms with van der Waals surface area (Å²) in [7, 11) is 0. The number of nitrogens with zero attached hydrogens (tertiary/aromatic N) is 2. The van der Waals surface area contributed by atoms with E-state index in [9.17, 15) is 13.2 Å². The molecule has 0 amide bonds. The topological polar surface area (TPSA) is 27.1 Å². The summed E-state index contributed by atoms with van der Waals surface area (Å²) in [6.45, 7) is -0.211. The van der Waals surface area contributed by atoms with Crippen LogP contribution in [0.1, 0.15) is 11.1 Å². The predicted octanol–water partition coefficient (Wildman–Crippen LogP) is 7.08. The lowest BCUT2D eigenvalue weighted by Crippen LogP contribution is -2.10. The van der Waals surface area contributed by atoms with E-state index in [1.165, 1.54) is 12.1 Å². The molecule has 27 heavy (non-hydrogen) atoms. The van der Waals surface area contributed by atoms with Gasteiger partial charge in [0.2, 0.25) is 5.88 Å². The third-order valence-electron chi connectivity index (χ3n) is 3.55. The normalized spacial score (nSPS) is 11.7. The van der Waals surface area contributed by atoms with E-state index < -0.39 is 17.6 Å². The average Bonchev–Trinajstić information content (AvgIpc) is 2.97. The van der Waals surface area contributed by atoms with Crippen molar-refractivity contribution in [3.05, 3.63) is 73.8 Å². The van der Waals surface area contributed by atoms with Gasteiger partial charge in [0.15, 0.2) is 0 Å². The van der Waals surface area contributed by atoms with Gasteiger partial charge in [-0.15, -0.1) is 0 Å². The molecule has 0 spiro atoms. The Morgan fingerprint density at radius 1 is 0.963 bits per heavy atom. The minimum atomic E-state index is -4.69. The summed E-state index contributed by atoms with van der Waals surface area (Å²) < 4.78 is 46.5. The molecular formula is C17H9Cl4F3N2O. The summed E-state index contributed by atoms with van der Waals surface area (Å²) in [5.41, 5.74) is -0.544. The Labute approximate surface area is 172 Å². The molecule has 0 aliphatic rings. The van der Waals surface area contributed by atoms with Gasteiger partial charge in [-0.1, -0.05) is 64.6 Å². The second-order valence-electron chi connectivity index (χ2n) is 5.37. The summed E-state index contributed by atoms with van der Waals surface area (Å²) >= 11 is 24.1. The van der Waals surface area contributed by atoms with Crippen LogP contribution in [0.2, 0.25) is 20.1 Å². The molecule has 0 aliphatic carbocycles. The number of rotatable bonds is 4. The molecule has 0 fully saturated rings. The van der Waals surface area contributed by atoms with E-state index in [1.807, 2.05) is 0 Å². The molecule has 0 radical (unpaired) electrons. The first-order valence-corrected chi connectivity index (χ1v) is 8.86. The standard InChI is InChI=1S/C17H9Cl4F3N2O/c18-10-5-13(20)15(14(21)6-10)26-16(11(7-25-26)17(22,23)24)27-8-9-3-1-2-4-12(9)19/h1-7H,8H2. The van der Waals surface area contributed by atoms with Crippen molar-refractivity contribution in [1.82, 2.24) is 9.78 Å². The highest BCUT2D eigenvalue weighted by molar-refractivity contribution is 6.40. The van der Waals surface area contributed by atoms with Gasteiger partial charge >= 0.3 is 6.18 Å². The van der Waals surface area contributed by atoms with E-state index >= 15 is 0 Å². The zero-order valence-electron chi connectivity index (χ0n) is 13.2. The van der Waals surface area contributed by atoms with Crippen LogP contribution in [0.4, 0.5) is 13.2 Å². The van der Waals surface area contributed by atoms with Crippen LogP contribution in [0.15, 0.2) is 42.6 Å². The molecule has 0 atom stereocenters. The SMILES string of the molecule is FC(F)(F)c1cnn(-c2c(Cl)cc(Cl)cc2Cl)c1OCc1ccccc1Cl. The van der Waals surface area contributed by atoms with Crippen LogP contribution in [0.3, 0.4) is 0 Å². The lowest BCUT2D eigenvalue weighted by atomic mass is 10.2. The molecule has 10 heteroatoms. The van der Waals surface area contributed by atoms with E-state index in [0.29, 0.717) is 16.8 Å². The first kappa shape index (κ1) is 20.1. The zero-order valence-corrected chi connectivity index (χ0v) is 16.2. The average molecular weight is 456 g/mol. The lowest BCUT2D eigenvalue weighted by Gasteiger charge is -2.15. The van der Waals surface area contributed by atoms with Crippen molar-refractivity contribution in [2.75, 3.05) is 0 Å². The number of ether oxygens (including phenoxy) is 1. The molecule has 142 valence electrons. The summed E-state index contributed by atoms with van der Waals surface area (Å²) in [6.07, 6.45) is -4.05. The van der Waals surface area contributed by atoms with Crippen molar-refractivity contribution in [3.8, 4) is 11.6 Å². The van der Waals surface area contributed by atoms with Gasteiger partial charge in [-0.25, -0.2) is 0 Å². The Bertz CT molecular complexity index is 966. The number of hydrogen-bond donors (Lipinski definition) is 0. The van der Waals surface area contributed by atoms with Gasteiger partial charge in [0.05, 0.1) is 16.2 Å². The molecule has 3 nitrogen and oxygen atoms in total. The molecule has 2 aromatic carbocycles. The fourth-order valence-electron chi connectivity index (χ4n) is 2.33. The Balaban J connectivity index is 2.09. The molecular weight excluding hydrogens is 447 g/mol. The molecule has 1 aromatic heterocycles. The van der Waals surface area contributed by atoms with Crippen LogP contribution in [0.5, 0.6) is 5.88 Å². The molecule has 0 saturated carbocycles. The lowest BCUT2D eigenvalue weighted by molar-refractivity contribution is -0.139. The molecule has 0 saturated heterocycles. The van der Waals surface area contributed by atoms with E-state index in [1.54, 1.807) is 24.3 Å². The fraction of sp³-hybridized carbons (Fsp3) is 0.118. The highest BCUT2D eigenvalue weighted by Crippen LogP contribution is 2.41. The molecule has 0 aliphatic heterocycles. The third kappa shape index (κ3) is 4.29. The first-order chi connectivity index (χ1) is 12.7. The molecule has 1 heterocycles. The molecule has 3 rings (SSSR count). The van der Waals surface area contributed by atoms with Crippen molar-refractivity contribution in [2.24, 2.45) is 0 Å². The van der Waals surface area contributed by atoms with Crippen LogP contribution in [-0.4, -0.2) is 9.78 Å². The van der Waals surface area contributed by atoms with Crippen molar-refractivity contribution in [2.45, 2.75) is 12.8 Å². The van der Waals surface area contributed by atoms with Crippen LogP contribution in [0.25, 0.3) is 5.69 Å². The Morgan fingerprint density at radius 2 is 1.59 bits per heavy atom. The maximum Gasteiger partial charge on any atom is 0.423 e. The van der Waals surface area contributed by atoms with Crippen LogP contribution in [-0.2, 0) is 12.8 Å². The Hall–Kier alpha value is -1.60. The molecule has 0 bridgehead atoms. The Morgan fingerprint density at radius 3 is 2.19 bits per heavy atom. The third-order valence-corrected chi connectivity index (χ3v) is 4.71. The minimum absolute atomic E-state index is 0.0203. The summed E-state index contributed by atoms with van der Waals surface area (Å²) in [5, 5.41) is 4.40. The van der Waals surface area contributed by atoms with Crippen molar-refractivity contribution >= 4 is 46.4 Å². The van der Waals surface area contributed by atoms with Crippen molar-refractivity contribution < 1.29 is 17.9 Å². The van der Waals surface area contributed by atoms with E-state index in [2.05, 4.69) is 5.10 Å². The molecule has 0 N–H and O–H groups in total. The van der Waals surface area contributed by atoms with Crippen LogP contribution >= 0.6 is 46.4 Å². The smallest absolute Gasteiger partial charge is 0.423 e. The minimum Gasteiger partial charge on any atom is -0.472 e. The van der Waals surface area contributed by atoms with Gasteiger partial charge < -0.3 is 4.74 Å². The second kappa shape index (κ2) is 7.80. The number of alkyl halides is 3. The van der Waals surface area contributed by atoms with Gasteiger partial charge in [0.1, 0.15) is 17.9 Å².